The molecule has 1 aliphatic carbocycles. The van der Waals surface area contributed by atoms with Crippen LogP contribution in [0.15, 0.2) is 24.3 Å². The summed E-state index contributed by atoms with van der Waals surface area (Å²) in [5.74, 6) is 0.405. The Hall–Kier alpha value is -2.37. The predicted octanol–water partition coefficient (Wildman–Crippen LogP) is 3.18. The van der Waals surface area contributed by atoms with E-state index in [1.165, 1.54) is 30.6 Å². The quantitative estimate of drug-likeness (QED) is 0.864. The number of hydrogen-bond donors (Lipinski definition) is 1. The molecule has 146 valence electrons. The normalized spacial score (nSPS) is 20.0. The van der Waals surface area contributed by atoms with Crippen LogP contribution in [0, 0.1) is 5.92 Å². The van der Waals surface area contributed by atoms with Crippen LogP contribution in [-0.4, -0.2) is 42.3 Å². The summed E-state index contributed by atoms with van der Waals surface area (Å²) in [4.78, 5) is 40.7. The third kappa shape index (κ3) is 4.67. The van der Waals surface area contributed by atoms with Gasteiger partial charge >= 0.3 is 0 Å². The van der Waals surface area contributed by atoms with E-state index in [0.29, 0.717) is 23.7 Å². The number of hydrogen-bond acceptors (Lipinski definition) is 3. The lowest BCUT2D eigenvalue weighted by Crippen LogP contribution is -2.45. The second-order valence-electron chi connectivity index (χ2n) is 7.82. The molecule has 6 nitrogen and oxygen atoms in total. The third-order valence-electron chi connectivity index (χ3n) is 5.67. The van der Waals surface area contributed by atoms with Crippen molar-refractivity contribution in [3.63, 3.8) is 0 Å². The van der Waals surface area contributed by atoms with Crippen molar-refractivity contribution >= 4 is 29.1 Å². The van der Waals surface area contributed by atoms with Gasteiger partial charge in [0.25, 0.3) is 0 Å². The average Bonchev–Trinajstić information content (AvgIpc) is 3.10. The van der Waals surface area contributed by atoms with Crippen LogP contribution in [-0.2, 0) is 14.4 Å². The topological polar surface area (TPSA) is 69.7 Å². The van der Waals surface area contributed by atoms with Crippen LogP contribution in [0.3, 0.4) is 0 Å². The minimum absolute atomic E-state index is 0.0141. The zero-order valence-electron chi connectivity index (χ0n) is 16.2. The summed E-state index contributed by atoms with van der Waals surface area (Å²) in [6, 6.07) is 7.04. The SMILES string of the molecule is CC1CC(=O)Nc2ccccc2N1C(=O)CN(C)C(=O)CCC1CCCC1. The van der Waals surface area contributed by atoms with Gasteiger partial charge in [0.15, 0.2) is 0 Å². The molecule has 1 aromatic carbocycles. The Balaban J connectivity index is 1.65. The van der Waals surface area contributed by atoms with Gasteiger partial charge < -0.3 is 15.1 Å². The number of carbonyl (C=O) groups excluding carboxylic acids is 3. The Kier molecular flexibility index (Phi) is 6.14. The number of amides is 3. The third-order valence-corrected chi connectivity index (χ3v) is 5.67. The summed E-state index contributed by atoms with van der Waals surface area (Å²) in [5, 5.41) is 2.85. The molecule has 0 spiro atoms. The minimum atomic E-state index is -0.261. The highest BCUT2D eigenvalue weighted by Gasteiger charge is 2.30. The van der Waals surface area contributed by atoms with E-state index < -0.39 is 0 Å². The van der Waals surface area contributed by atoms with Crippen LogP contribution in [0.2, 0.25) is 0 Å². The molecule has 0 aromatic heterocycles. The van der Waals surface area contributed by atoms with E-state index in [1.807, 2.05) is 25.1 Å². The number of nitrogens with zero attached hydrogens (tertiary/aromatic N) is 2. The molecule has 3 amide bonds. The lowest BCUT2D eigenvalue weighted by molar-refractivity contribution is -0.134. The molecule has 1 aliphatic heterocycles. The lowest BCUT2D eigenvalue weighted by Gasteiger charge is -2.30. The zero-order valence-corrected chi connectivity index (χ0v) is 16.2. The molecule has 0 radical (unpaired) electrons. The molecule has 1 fully saturated rings. The molecule has 27 heavy (non-hydrogen) atoms. The molecule has 6 heteroatoms. The van der Waals surface area contributed by atoms with Gasteiger partial charge in [-0.15, -0.1) is 0 Å². The van der Waals surface area contributed by atoms with E-state index in [2.05, 4.69) is 5.32 Å². The fourth-order valence-corrected chi connectivity index (χ4v) is 4.15. The first-order valence-corrected chi connectivity index (χ1v) is 9.90. The smallest absolute Gasteiger partial charge is 0.246 e. The zero-order chi connectivity index (χ0) is 19.4. The molecular weight excluding hydrogens is 342 g/mol. The van der Waals surface area contributed by atoms with Crippen molar-refractivity contribution in [2.75, 3.05) is 23.8 Å². The standard InChI is InChI=1S/C21H29N3O3/c1-15-13-19(25)22-17-9-5-6-10-18(17)24(15)21(27)14-23(2)20(26)12-11-16-7-3-4-8-16/h5-6,9-10,15-16H,3-4,7-8,11-14H2,1-2H3,(H,22,25). The van der Waals surface area contributed by atoms with Crippen molar-refractivity contribution in [3.8, 4) is 0 Å². The van der Waals surface area contributed by atoms with Crippen molar-refractivity contribution in [3.05, 3.63) is 24.3 Å². The molecule has 1 saturated carbocycles. The molecule has 0 saturated heterocycles. The number of fused-ring (bicyclic) bond motifs is 1. The van der Waals surface area contributed by atoms with Crippen LogP contribution < -0.4 is 10.2 Å². The first-order chi connectivity index (χ1) is 13.0. The second kappa shape index (κ2) is 8.55. The largest absolute Gasteiger partial charge is 0.336 e. The molecule has 2 aliphatic rings. The van der Waals surface area contributed by atoms with Gasteiger partial charge in [-0.05, 0) is 31.4 Å². The Morgan fingerprint density at radius 1 is 1.22 bits per heavy atom. The van der Waals surface area contributed by atoms with E-state index in [4.69, 9.17) is 0 Å². The lowest BCUT2D eigenvalue weighted by atomic mass is 10.0. The number of nitrogens with one attached hydrogen (secondary N) is 1. The molecule has 3 rings (SSSR count). The number of benzene rings is 1. The Morgan fingerprint density at radius 2 is 1.93 bits per heavy atom. The average molecular weight is 371 g/mol. The fourth-order valence-electron chi connectivity index (χ4n) is 4.15. The molecule has 1 unspecified atom stereocenters. The summed E-state index contributed by atoms with van der Waals surface area (Å²) in [5.41, 5.74) is 1.32. The van der Waals surface area contributed by atoms with E-state index >= 15 is 0 Å². The molecule has 1 heterocycles. The van der Waals surface area contributed by atoms with Gasteiger partial charge in [-0.1, -0.05) is 37.8 Å². The van der Waals surface area contributed by atoms with Gasteiger partial charge in [-0.2, -0.15) is 0 Å². The van der Waals surface area contributed by atoms with Crippen LogP contribution in [0.25, 0.3) is 0 Å². The van der Waals surface area contributed by atoms with Gasteiger partial charge in [-0.3, -0.25) is 14.4 Å². The Morgan fingerprint density at radius 3 is 2.67 bits per heavy atom. The molecular formula is C21H29N3O3. The van der Waals surface area contributed by atoms with E-state index in [1.54, 1.807) is 18.0 Å². The summed E-state index contributed by atoms with van der Waals surface area (Å²) in [6.07, 6.45) is 6.63. The highest BCUT2D eigenvalue weighted by atomic mass is 16.2. The molecule has 1 atom stereocenters. The van der Waals surface area contributed by atoms with E-state index in [9.17, 15) is 14.4 Å². The van der Waals surface area contributed by atoms with Crippen molar-refractivity contribution in [2.24, 2.45) is 5.92 Å². The minimum Gasteiger partial charge on any atom is -0.336 e. The maximum Gasteiger partial charge on any atom is 0.246 e. The number of para-hydroxylation sites is 2. The number of likely N-dealkylation sites (N-methyl/N-ethyl adjacent to an activating group) is 1. The van der Waals surface area contributed by atoms with Gasteiger partial charge in [-0.25, -0.2) is 0 Å². The van der Waals surface area contributed by atoms with Crippen molar-refractivity contribution in [2.45, 2.75) is 57.9 Å². The van der Waals surface area contributed by atoms with Crippen LogP contribution >= 0.6 is 0 Å². The van der Waals surface area contributed by atoms with Gasteiger partial charge in [0.1, 0.15) is 0 Å². The Bertz CT molecular complexity index is 712. The molecule has 1 N–H and O–H groups in total. The van der Waals surface area contributed by atoms with Crippen LogP contribution in [0.4, 0.5) is 11.4 Å². The first kappa shape index (κ1) is 19.4. The first-order valence-electron chi connectivity index (χ1n) is 9.90. The van der Waals surface area contributed by atoms with E-state index in [-0.39, 0.29) is 36.7 Å². The molecule has 0 bridgehead atoms. The maximum atomic E-state index is 13.0. The van der Waals surface area contributed by atoms with Gasteiger partial charge in [0.05, 0.1) is 17.9 Å². The highest BCUT2D eigenvalue weighted by Crippen LogP contribution is 2.31. The Labute approximate surface area is 160 Å². The van der Waals surface area contributed by atoms with Gasteiger partial charge in [0, 0.05) is 25.9 Å². The van der Waals surface area contributed by atoms with Crippen molar-refractivity contribution < 1.29 is 14.4 Å². The number of rotatable bonds is 5. The van der Waals surface area contributed by atoms with Crippen LogP contribution in [0.1, 0.15) is 51.9 Å². The molecule has 1 aromatic rings. The summed E-state index contributed by atoms with van der Waals surface area (Å²) >= 11 is 0. The summed E-state index contributed by atoms with van der Waals surface area (Å²) in [7, 11) is 1.69. The monoisotopic (exact) mass is 371 g/mol. The predicted molar refractivity (Wildman–Crippen MR) is 105 cm³/mol. The maximum absolute atomic E-state index is 13.0. The highest BCUT2D eigenvalue weighted by molar-refractivity contribution is 6.05. The van der Waals surface area contributed by atoms with E-state index in [0.717, 1.165) is 6.42 Å². The van der Waals surface area contributed by atoms with Gasteiger partial charge in [0.2, 0.25) is 17.7 Å². The summed E-state index contributed by atoms with van der Waals surface area (Å²) in [6.45, 7) is 1.89. The van der Waals surface area contributed by atoms with Crippen molar-refractivity contribution in [1.82, 2.24) is 4.90 Å². The van der Waals surface area contributed by atoms with Crippen LogP contribution in [0.5, 0.6) is 0 Å². The number of anilines is 2. The fraction of sp³-hybridized carbons (Fsp3) is 0.571. The second-order valence-corrected chi connectivity index (χ2v) is 7.82. The van der Waals surface area contributed by atoms with Crippen molar-refractivity contribution in [1.29, 1.82) is 0 Å². The summed E-state index contributed by atoms with van der Waals surface area (Å²) < 4.78 is 0. The number of carbonyl (C=O) groups is 3.